The number of hydrogen-bond acceptors (Lipinski definition) is 5. The number of aromatic nitrogens is 2. The molecule has 3 aromatic rings. The van der Waals surface area contributed by atoms with Gasteiger partial charge in [0.25, 0.3) is 5.56 Å². The number of fused-ring (bicyclic) bond motifs is 1. The van der Waals surface area contributed by atoms with Crippen LogP contribution in [0.4, 0.5) is 0 Å². The number of ketones is 1. The molecule has 5 nitrogen and oxygen atoms in total. The Hall–Kier alpha value is -2.60. The van der Waals surface area contributed by atoms with Crippen LogP contribution >= 0.6 is 11.8 Å². The number of carbonyl (C=O) groups excluding carboxylic acids is 1. The number of carbonyl (C=O) groups is 1. The van der Waals surface area contributed by atoms with E-state index in [1.54, 1.807) is 42.0 Å². The number of para-hydroxylation sites is 1. The van der Waals surface area contributed by atoms with Crippen molar-refractivity contribution in [1.29, 1.82) is 0 Å². The van der Waals surface area contributed by atoms with E-state index >= 15 is 0 Å². The summed E-state index contributed by atoms with van der Waals surface area (Å²) in [4.78, 5) is 30.6. The molecule has 2 aromatic carbocycles. The molecule has 0 fully saturated rings. The molecule has 0 aliphatic rings. The van der Waals surface area contributed by atoms with Gasteiger partial charge in [0, 0.05) is 11.6 Å². The molecule has 0 aliphatic heterocycles. The van der Waals surface area contributed by atoms with Crippen LogP contribution in [0.25, 0.3) is 10.9 Å². The molecule has 0 spiro atoms. The lowest BCUT2D eigenvalue weighted by atomic mass is 10.1. The summed E-state index contributed by atoms with van der Waals surface area (Å²) in [6.45, 7) is 5.88. The standard InChI is InChI=1S/C22H24N2O3S/c1-5-14(2)24-21(26)18-8-6-7-9-19(18)23-22(24)28-15(3)20(25)16-10-12-17(27-4)13-11-16/h6-15H,5H2,1-4H3/t14-,15-/m0/s1. The van der Waals surface area contributed by atoms with Gasteiger partial charge in [-0.3, -0.25) is 14.2 Å². The van der Waals surface area contributed by atoms with Crippen molar-refractivity contribution in [3.63, 3.8) is 0 Å². The molecule has 6 heteroatoms. The van der Waals surface area contributed by atoms with E-state index in [2.05, 4.69) is 0 Å². The molecule has 146 valence electrons. The molecule has 1 heterocycles. The molecule has 0 saturated heterocycles. The Bertz CT molecular complexity index is 1040. The number of rotatable bonds is 7. The van der Waals surface area contributed by atoms with E-state index in [1.165, 1.54) is 11.8 Å². The highest BCUT2D eigenvalue weighted by atomic mass is 32.2. The first-order valence-electron chi connectivity index (χ1n) is 9.32. The monoisotopic (exact) mass is 396 g/mol. The highest BCUT2D eigenvalue weighted by molar-refractivity contribution is 8.00. The molecular weight excluding hydrogens is 372 g/mol. The van der Waals surface area contributed by atoms with Crippen LogP contribution in [0.15, 0.2) is 58.5 Å². The number of Topliss-reactive ketones (excluding diaryl/α,β-unsaturated/α-hetero) is 1. The molecule has 0 N–H and O–H groups in total. The average Bonchev–Trinajstić information content (AvgIpc) is 2.73. The fourth-order valence-electron chi connectivity index (χ4n) is 2.98. The van der Waals surface area contributed by atoms with E-state index in [-0.39, 0.29) is 22.6 Å². The van der Waals surface area contributed by atoms with Gasteiger partial charge in [0.2, 0.25) is 0 Å². The molecule has 2 atom stereocenters. The third kappa shape index (κ3) is 3.97. The van der Waals surface area contributed by atoms with Gasteiger partial charge < -0.3 is 4.74 Å². The zero-order valence-electron chi connectivity index (χ0n) is 16.5. The minimum Gasteiger partial charge on any atom is -0.497 e. The van der Waals surface area contributed by atoms with E-state index < -0.39 is 0 Å². The Morgan fingerprint density at radius 3 is 2.46 bits per heavy atom. The molecular formula is C22H24N2O3S. The van der Waals surface area contributed by atoms with Crippen molar-refractivity contribution in [1.82, 2.24) is 9.55 Å². The van der Waals surface area contributed by atoms with Gasteiger partial charge in [-0.2, -0.15) is 0 Å². The lowest BCUT2D eigenvalue weighted by molar-refractivity contribution is 0.0993. The van der Waals surface area contributed by atoms with Gasteiger partial charge in [-0.1, -0.05) is 30.8 Å². The molecule has 0 aliphatic carbocycles. The van der Waals surface area contributed by atoms with Crippen LogP contribution in [0.2, 0.25) is 0 Å². The van der Waals surface area contributed by atoms with Crippen LogP contribution < -0.4 is 10.3 Å². The van der Waals surface area contributed by atoms with Gasteiger partial charge in [0.05, 0.1) is 23.3 Å². The van der Waals surface area contributed by atoms with Gasteiger partial charge in [-0.15, -0.1) is 0 Å². The smallest absolute Gasteiger partial charge is 0.262 e. The second-order valence-electron chi connectivity index (χ2n) is 6.70. The topological polar surface area (TPSA) is 61.2 Å². The summed E-state index contributed by atoms with van der Waals surface area (Å²) < 4.78 is 6.86. The van der Waals surface area contributed by atoms with E-state index in [0.717, 1.165) is 6.42 Å². The quantitative estimate of drug-likeness (QED) is 0.328. The van der Waals surface area contributed by atoms with E-state index in [4.69, 9.17) is 9.72 Å². The summed E-state index contributed by atoms with van der Waals surface area (Å²) in [6.07, 6.45) is 0.800. The predicted octanol–water partition coefficient (Wildman–Crippen LogP) is 4.74. The molecule has 0 unspecified atom stereocenters. The number of thioether (sulfide) groups is 1. The lowest BCUT2D eigenvalue weighted by Gasteiger charge is -2.20. The van der Waals surface area contributed by atoms with Crippen LogP contribution in [0, 0.1) is 0 Å². The minimum absolute atomic E-state index is 0.00426. The number of ether oxygens (including phenoxy) is 1. The van der Waals surface area contributed by atoms with Gasteiger partial charge in [0.15, 0.2) is 10.9 Å². The zero-order valence-corrected chi connectivity index (χ0v) is 17.3. The third-order valence-corrected chi connectivity index (χ3v) is 5.90. The number of nitrogens with zero attached hydrogens (tertiary/aromatic N) is 2. The Labute approximate surface area is 168 Å². The highest BCUT2D eigenvalue weighted by Crippen LogP contribution is 2.28. The van der Waals surface area contributed by atoms with Gasteiger partial charge >= 0.3 is 0 Å². The van der Waals surface area contributed by atoms with E-state index in [0.29, 0.717) is 27.4 Å². The SMILES string of the molecule is CC[C@H](C)n1c(S[C@@H](C)C(=O)c2ccc(OC)cc2)nc2ccccc2c1=O. The summed E-state index contributed by atoms with van der Waals surface area (Å²) in [5.41, 5.74) is 1.20. The van der Waals surface area contributed by atoms with Crippen molar-refractivity contribution in [2.24, 2.45) is 0 Å². The first kappa shape index (κ1) is 20.1. The van der Waals surface area contributed by atoms with Gasteiger partial charge in [-0.25, -0.2) is 4.98 Å². The zero-order chi connectivity index (χ0) is 20.3. The Balaban J connectivity index is 1.97. The van der Waals surface area contributed by atoms with Crippen LogP contribution in [0.3, 0.4) is 0 Å². The fraction of sp³-hybridized carbons (Fsp3) is 0.318. The summed E-state index contributed by atoms with van der Waals surface area (Å²) >= 11 is 1.33. The first-order chi connectivity index (χ1) is 13.5. The molecule has 0 radical (unpaired) electrons. The van der Waals surface area contributed by atoms with E-state index in [1.807, 2.05) is 39.0 Å². The van der Waals surface area contributed by atoms with E-state index in [9.17, 15) is 9.59 Å². The normalized spacial score (nSPS) is 13.3. The maximum Gasteiger partial charge on any atom is 0.262 e. The van der Waals surface area contributed by atoms with Crippen LogP contribution in [0.1, 0.15) is 43.6 Å². The number of methoxy groups -OCH3 is 1. The third-order valence-electron chi connectivity index (χ3n) is 4.83. The Morgan fingerprint density at radius 1 is 1.14 bits per heavy atom. The largest absolute Gasteiger partial charge is 0.497 e. The van der Waals surface area contributed by atoms with Crippen molar-refractivity contribution in [2.75, 3.05) is 7.11 Å². The second-order valence-corrected chi connectivity index (χ2v) is 8.00. The summed E-state index contributed by atoms with van der Waals surface area (Å²) in [6, 6.07) is 14.4. The second kappa shape index (κ2) is 8.61. The van der Waals surface area contributed by atoms with Crippen LogP contribution in [-0.2, 0) is 0 Å². The number of benzene rings is 2. The Morgan fingerprint density at radius 2 is 1.82 bits per heavy atom. The van der Waals surface area contributed by atoms with Crippen molar-refractivity contribution < 1.29 is 9.53 Å². The van der Waals surface area contributed by atoms with Gasteiger partial charge in [-0.05, 0) is 56.7 Å². The van der Waals surface area contributed by atoms with Crippen molar-refractivity contribution in [3.8, 4) is 5.75 Å². The molecule has 0 saturated carbocycles. The maximum atomic E-state index is 13.1. The summed E-state index contributed by atoms with van der Waals surface area (Å²) in [5, 5.41) is 0.797. The van der Waals surface area contributed by atoms with Crippen molar-refractivity contribution in [3.05, 3.63) is 64.4 Å². The molecule has 0 bridgehead atoms. The number of hydrogen-bond donors (Lipinski definition) is 0. The van der Waals surface area contributed by atoms with Crippen LogP contribution in [-0.4, -0.2) is 27.7 Å². The average molecular weight is 397 g/mol. The fourth-order valence-corrected chi connectivity index (χ4v) is 4.07. The maximum absolute atomic E-state index is 13.1. The molecule has 28 heavy (non-hydrogen) atoms. The minimum atomic E-state index is -0.378. The predicted molar refractivity (Wildman–Crippen MR) is 114 cm³/mol. The Kier molecular flexibility index (Phi) is 6.19. The molecule has 1 aromatic heterocycles. The molecule has 3 rings (SSSR count). The van der Waals surface area contributed by atoms with Crippen molar-refractivity contribution >= 4 is 28.4 Å². The van der Waals surface area contributed by atoms with Gasteiger partial charge in [0.1, 0.15) is 5.75 Å². The summed E-state index contributed by atoms with van der Waals surface area (Å²) in [5.74, 6) is 0.699. The van der Waals surface area contributed by atoms with Crippen LogP contribution in [0.5, 0.6) is 5.75 Å². The molecule has 0 amide bonds. The highest BCUT2D eigenvalue weighted by Gasteiger charge is 2.22. The van der Waals surface area contributed by atoms with Crippen molar-refractivity contribution in [2.45, 2.75) is 43.6 Å². The summed E-state index contributed by atoms with van der Waals surface area (Å²) in [7, 11) is 1.59. The lowest BCUT2D eigenvalue weighted by Crippen LogP contribution is -2.27. The first-order valence-corrected chi connectivity index (χ1v) is 10.2.